The number of likely N-dealkylation sites (tertiary alicyclic amines) is 1. The van der Waals surface area contributed by atoms with E-state index in [4.69, 9.17) is 0 Å². The van der Waals surface area contributed by atoms with Gasteiger partial charge in [0.05, 0.1) is 5.54 Å². The predicted octanol–water partition coefficient (Wildman–Crippen LogP) is 4.30. The van der Waals surface area contributed by atoms with Crippen molar-refractivity contribution in [2.24, 2.45) is 0 Å². The Labute approximate surface area is 190 Å². The molecule has 170 valence electrons. The van der Waals surface area contributed by atoms with Crippen LogP contribution in [-0.4, -0.2) is 45.9 Å². The number of piperidine rings is 1. The van der Waals surface area contributed by atoms with Gasteiger partial charge in [-0.1, -0.05) is 24.3 Å². The fourth-order valence-electron chi connectivity index (χ4n) is 5.19. The zero-order valence-corrected chi connectivity index (χ0v) is 19.4. The maximum atomic E-state index is 13.8. The standard InChI is InChI=1S/C27H34N2O3/c1-19-8-4-5-9-20(19)13-17-29-16-7-6-14-27(29)15-12-21-18-22(10-11-23(21)24(27)30)28-25(31)26(2,3)32/h4-5,8-11,18,32H,6-7,12-17H2,1-3H3,(H,28,31). The topological polar surface area (TPSA) is 69.6 Å². The molecule has 1 aliphatic heterocycles. The lowest BCUT2D eigenvalue weighted by molar-refractivity contribution is -0.130. The molecule has 0 radical (unpaired) electrons. The Kier molecular flexibility index (Phi) is 6.24. The maximum Gasteiger partial charge on any atom is 0.255 e. The highest BCUT2D eigenvalue weighted by Gasteiger charge is 2.47. The highest BCUT2D eigenvalue weighted by atomic mass is 16.3. The number of amides is 1. The van der Waals surface area contributed by atoms with Crippen LogP contribution in [0.5, 0.6) is 0 Å². The minimum atomic E-state index is -1.45. The van der Waals surface area contributed by atoms with Crippen LogP contribution in [0.3, 0.4) is 0 Å². The van der Waals surface area contributed by atoms with Gasteiger partial charge in [0, 0.05) is 17.8 Å². The lowest BCUT2D eigenvalue weighted by atomic mass is 9.71. The van der Waals surface area contributed by atoms with Crippen molar-refractivity contribution in [1.29, 1.82) is 0 Å². The van der Waals surface area contributed by atoms with Gasteiger partial charge in [-0.25, -0.2) is 0 Å². The zero-order chi connectivity index (χ0) is 22.9. The summed E-state index contributed by atoms with van der Waals surface area (Å²) < 4.78 is 0. The Hall–Kier alpha value is -2.50. The molecular formula is C27H34N2O3. The number of aliphatic hydroxyl groups is 1. The van der Waals surface area contributed by atoms with Crippen LogP contribution in [0.25, 0.3) is 0 Å². The molecule has 5 heteroatoms. The van der Waals surface area contributed by atoms with Crippen molar-refractivity contribution in [1.82, 2.24) is 4.90 Å². The largest absolute Gasteiger partial charge is 0.381 e. The van der Waals surface area contributed by atoms with Gasteiger partial charge in [0.25, 0.3) is 5.91 Å². The van der Waals surface area contributed by atoms with E-state index in [9.17, 15) is 14.7 Å². The first-order chi connectivity index (χ1) is 15.2. The van der Waals surface area contributed by atoms with Crippen LogP contribution in [0.1, 0.15) is 66.6 Å². The SMILES string of the molecule is Cc1ccccc1CCN1CCCCC12CCc1cc(NC(=O)C(C)(C)O)ccc1C2=O. The molecule has 0 bridgehead atoms. The van der Waals surface area contributed by atoms with Crippen LogP contribution < -0.4 is 5.32 Å². The molecule has 1 fully saturated rings. The molecule has 1 saturated heterocycles. The summed E-state index contributed by atoms with van der Waals surface area (Å²) in [5, 5.41) is 12.7. The summed E-state index contributed by atoms with van der Waals surface area (Å²) in [5.41, 5.74) is 3.18. The number of fused-ring (bicyclic) bond motifs is 1. The normalized spacial score (nSPS) is 21.4. The molecule has 2 aliphatic rings. The first kappa shape index (κ1) is 22.7. The van der Waals surface area contributed by atoms with E-state index in [-0.39, 0.29) is 5.78 Å². The van der Waals surface area contributed by atoms with Crippen molar-refractivity contribution < 1.29 is 14.7 Å². The molecule has 4 rings (SSSR count). The number of hydrogen-bond acceptors (Lipinski definition) is 4. The molecule has 0 aromatic heterocycles. The summed E-state index contributed by atoms with van der Waals surface area (Å²) in [6, 6.07) is 14.0. The first-order valence-electron chi connectivity index (χ1n) is 11.7. The number of carbonyl (C=O) groups excluding carboxylic acids is 2. The molecule has 1 atom stereocenters. The Morgan fingerprint density at radius 2 is 1.94 bits per heavy atom. The predicted molar refractivity (Wildman–Crippen MR) is 127 cm³/mol. The number of ketones is 1. The summed E-state index contributed by atoms with van der Waals surface area (Å²) in [4.78, 5) is 28.4. The molecule has 1 unspecified atom stereocenters. The molecule has 2 N–H and O–H groups in total. The summed E-state index contributed by atoms with van der Waals surface area (Å²) in [6.07, 6.45) is 5.72. The fourth-order valence-corrected chi connectivity index (χ4v) is 5.19. The average Bonchev–Trinajstić information content (AvgIpc) is 2.76. The molecule has 1 aliphatic carbocycles. The third kappa shape index (κ3) is 4.37. The van der Waals surface area contributed by atoms with Crippen LogP contribution in [0.4, 0.5) is 5.69 Å². The van der Waals surface area contributed by atoms with E-state index < -0.39 is 17.0 Å². The second kappa shape index (κ2) is 8.80. The lowest BCUT2D eigenvalue weighted by Crippen LogP contribution is -2.59. The van der Waals surface area contributed by atoms with E-state index >= 15 is 0 Å². The molecule has 1 spiro atoms. The van der Waals surface area contributed by atoms with E-state index in [2.05, 4.69) is 41.4 Å². The van der Waals surface area contributed by atoms with Gasteiger partial charge in [0.15, 0.2) is 5.78 Å². The molecule has 0 saturated carbocycles. The van der Waals surface area contributed by atoms with Gasteiger partial charge >= 0.3 is 0 Å². The van der Waals surface area contributed by atoms with Crippen molar-refractivity contribution in [3.8, 4) is 0 Å². The molecule has 32 heavy (non-hydrogen) atoms. The average molecular weight is 435 g/mol. The summed E-state index contributed by atoms with van der Waals surface area (Å²) in [6.45, 7) is 6.93. The fraction of sp³-hybridized carbons (Fsp3) is 0.481. The number of hydrogen-bond donors (Lipinski definition) is 2. The van der Waals surface area contributed by atoms with Crippen LogP contribution in [0, 0.1) is 6.92 Å². The minimum absolute atomic E-state index is 0.226. The van der Waals surface area contributed by atoms with Crippen molar-refractivity contribution >= 4 is 17.4 Å². The third-order valence-electron chi connectivity index (χ3n) is 7.18. The van der Waals surface area contributed by atoms with Crippen LogP contribution in [0.2, 0.25) is 0 Å². The summed E-state index contributed by atoms with van der Waals surface area (Å²) >= 11 is 0. The maximum absolute atomic E-state index is 13.8. The Bertz CT molecular complexity index is 1020. The van der Waals surface area contributed by atoms with Crippen LogP contribution in [0.15, 0.2) is 42.5 Å². The smallest absolute Gasteiger partial charge is 0.255 e. The van der Waals surface area contributed by atoms with Crippen LogP contribution >= 0.6 is 0 Å². The molecule has 1 heterocycles. The summed E-state index contributed by atoms with van der Waals surface area (Å²) in [7, 11) is 0. The van der Waals surface area contributed by atoms with Crippen molar-refractivity contribution in [2.45, 2.75) is 70.4 Å². The number of benzene rings is 2. The van der Waals surface area contributed by atoms with Gasteiger partial charge < -0.3 is 10.4 Å². The number of aryl methyl sites for hydroxylation is 2. The molecular weight excluding hydrogens is 400 g/mol. The van der Waals surface area contributed by atoms with Crippen molar-refractivity contribution in [3.05, 3.63) is 64.7 Å². The van der Waals surface area contributed by atoms with Gasteiger partial charge in [-0.2, -0.15) is 0 Å². The first-order valence-corrected chi connectivity index (χ1v) is 11.7. The number of nitrogens with zero attached hydrogens (tertiary/aromatic N) is 1. The number of anilines is 1. The van der Waals surface area contributed by atoms with E-state index in [0.29, 0.717) is 5.69 Å². The number of Topliss-reactive ketones (excluding diaryl/α,β-unsaturated/α-hetero) is 1. The van der Waals surface area contributed by atoms with E-state index in [0.717, 1.165) is 62.7 Å². The van der Waals surface area contributed by atoms with Gasteiger partial charge in [-0.15, -0.1) is 0 Å². The van der Waals surface area contributed by atoms with Gasteiger partial charge in [-0.05, 0) is 101 Å². The second-order valence-corrected chi connectivity index (χ2v) is 9.87. The van der Waals surface area contributed by atoms with Gasteiger partial charge in [-0.3, -0.25) is 14.5 Å². The number of nitrogens with one attached hydrogen (secondary N) is 1. The molecule has 5 nitrogen and oxygen atoms in total. The Balaban J connectivity index is 1.54. The quantitative estimate of drug-likeness (QED) is 0.736. The molecule has 2 aromatic carbocycles. The van der Waals surface area contributed by atoms with Crippen LogP contribution in [-0.2, 0) is 17.6 Å². The Morgan fingerprint density at radius 3 is 2.69 bits per heavy atom. The Morgan fingerprint density at radius 1 is 1.16 bits per heavy atom. The molecule has 2 aromatic rings. The summed E-state index contributed by atoms with van der Waals surface area (Å²) in [5.74, 6) is -0.227. The van der Waals surface area contributed by atoms with Gasteiger partial charge in [0.2, 0.25) is 0 Å². The van der Waals surface area contributed by atoms with E-state index in [1.165, 1.54) is 25.0 Å². The monoisotopic (exact) mass is 434 g/mol. The van der Waals surface area contributed by atoms with E-state index in [1.54, 1.807) is 6.07 Å². The highest BCUT2D eigenvalue weighted by Crippen LogP contribution is 2.40. The van der Waals surface area contributed by atoms with Crippen molar-refractivity contribution in [3.63, 3.8) is 0 Å². The minimum Gasteiger partial charge on any atom is -0.381 e. The number of carbonyl (C=O) groups is 2. The highest BCUT2D eigenvalue weighted by molar-refractivity contribution is 6.06. The number of rotatable bonds is 5. The second-order valence-electron chi connectivity index (χ2n) is 9.87. The third-order valence-corrected chi connectivity index (χ3v) is 7.18. The lowest BCUT2D eigenvalue weighted by Gasteiger charge is -2.48. The van der Waals surface area contributed by atoms with Gasteiger partial charge in [0.1, 0.15) is 5.60 Å². The van der Waals surface area contributed by atoms with E-state index in [1.807, 2.05) is 12.1 Å². The zero-order valence-electron chi connectivity index (χ0n) is 19.4. The molecule has 1 amide bonds. The van der Waals surface area contributed by atoms with Crippen molar-refractivity contribution in [2.75, 3.05) is 18.4 Å².